The predicted octanol–water partition coefficient (Wildman–Crippen LogP) is 2.67. The van der Waals surface area contributed by atoms with Crippen LogP contribution < -0.4 is 5.32 Å². The van der Waals surface area contributed by atoms with E-state index in [9.17, 15) is 14.9 Å². The van der Waals surface area contributed by atoms with E-state index >= 15 is 0 Å². The average Bonchev–Trinajstić information content (AvgIpc) is 2.41. The molecule has 20 heavy (non-hydrogen) atoms. The molecule has 0 atom stereocenters. The van der Waals surface area contributed by atoms with Crippen LogP contribution in [0.25, 0.3) is 0 Å². The van der Waals surface area contributed by atoms with Crippen LogP contribution in [-0.4, -0.2) is 35.4 Å². The first-order chi connectivity index (χ1) is 9.56. The van der Waals surface area contributed by atoms with E-state index in [2.05, 4.69) is 10.2 Å². The van der Waals surface area contributed by atoms with Crippen LogP contribution in [0.15, 0.2) is 18.2 Å². The van der Waals surface area contributed by atoms with Gasteiger partial charge >= 0.3 is 0 Å². The highest BCUT2D eigenvalue weighted by molar-refractivity contribution is 6.32. The molecule has 1 aromatic carbocycles. The molecule has 1 fully saturated rings. The number of carbonyl (C=O) groups excluding carboxylic acids is 1. The summed E-state index contributed by atoms with van der Waals surface area (Å²) in [5, 5.41) is 13.5. The Morgan fingerprint density at radius 2 is 2.05 bits per heavy atom. The number of nitrogens with one attached hydrogen (secondary N) is 1. The second kappa shape index (κ2) is 6.67. The molecule has 1 heterocycles. The number of halogens is 1. The zero-order valence-corrected chi connectivity index (χ0v) is 11.7. The molecule has 1 amide bonds. The molecule has 0 aliphatic carbocycles. The molecule has 0 saturated carbocycles. The molecule has 1 saturated heterocycles. The van der Waals surface area contributed by atoms with Crippen molar-refractivity contribution < 1.29 is 9.72 Å². The number of benzene rings is 1. The number of nitro groups is 1. The van der Waals surface area contributed by atoms with Gasteiger partial charge in [0, 0.05) is 11.8 Å². The topological polar surface area (TPSA) is 75.5 Å². The maximum atomic E-state index is 11.9. The molecule has 0 spiro atoms. The fourth-order valence-corrected chi connectivity index (χ4v) is 2.44. The van der Waals surface area contributed by atoms with Gasteiger partial charge in [-0.25, -0.2) is 0 Å². The molecule has 1 aliphatic heterocycles. The third-order valence-electron chi connectivity index (χ3n) is 3.24. The minimum Gasteiger partial charge on any atom is -0.325 e. The van der Waals surface area contributed by atoms with Crippen LogP contribution in [0.4, 0.5) is 11.4 Å². The Kier molecular flexibility index (Phi) is 4.92. The van der Waals surface area contributed by atoms with Crippen LogP contribution in [0.1, 0.15) is 19.3 Å². The van der Waals surface area contributed by atoms with E-state index in [1.807, 2.05) is 0 Å². The van der Waals surface area contributed by atoms with Gasteiger partial charge < -0.3 is 5.32 Å². The molecule has 2 rings (SSSR count). The number of anilines is 1. The highest BCUT2D eigenvalue weighted by Crippen LogP contribution is 2.27. The first kappa shape index (κ1) is 14.7. The van der Waals surface area contributed by atoms with Crippen LogP contribution in [0.3, 0.4) is 0 Å². The molecule has 0 bridgehead atoms. The van der Waals surface area contributed by atoms with E-state index in [1.54, 1.807) is 6.07 Å². The molecule has 1 aliphatic rings. The summed E-state index contributed by atoms with van der Waals surface area (Å²) >= 11 is 5.72. The predicted molar refractivity (Wildman–Crippen MR) is 77.0 cm³/mol. The number of hydrogen-bond acceptors (Lipinski definition) is 4. The van der Waals surface area contributed by atoms with E-state index in [1.165, 1.54) is 18.6 Å². The Labute approximate surface area is 121 Å². The van der Waals surface area contributed by atoms with E-state index in [0.29, 0.717) is 12.2 Å². The van der Waals surface area contributed by atoms with Crippen molar-refractivity contribution in [2.75, 3.05) is 25.0 Å². The van der Waals surface area contributed by atoms with Crippen LogP contribution in [0, 0.1) is 10.1 Å². The Morgan fingerprint density at radius 3 is 2.70 bits per heavy atom. The van der Waals surface area contributed by atoms with Crippen LogP contribution >= 0.6 is 11.6 Å². The van der Waals surface area contributed by atoms with Crippen molar-refractivity contribution in [2.24, 2.45) is 0 Å². The molecule has 6 nitrogen and oxygen atoms in total. The first-order valence-electron chi connectivity index (χ1n) is 6.52. The number of piperidine rings is 1. The van der Waals surface area contributed by atoms with Crippen LogP contribution in [-0.2, 0) is 4.79 Å². The number of rotatable bonds is 4. The second-order valence-electron chi connectivity index (χ2n) is 4.81. The standard InChI is InChI=1S/C13H16ClN3O3/c14-11-5-4-10(8-12(11)17(19)20)15-13(18)9-16-6-2-1-3-7-16/h4-5,8H,1-3,6-7,9H2,(H,15,18). The van der Waals surface area contributed by atoms with Crippen molar-refractivity contribution in [3.05, 3.63) is 33.3 Å². The summed E-state index contributed by atoms with van der Waals surface area (Å²) < 4.78 is 0. The van der Waals surface area contributed by atoms with Crippen molar-refractivity contribution >= 4 is 28.9 Å². The highest BCUT2D eigenvalue weighted by Gasteiger charge is 2.16. The highest BCUT2D eigenvalue weighted by atomic mass is 35.5. The fraction of sp³-hybridized carbons (Fsp3) is 0.462. The van der Waals surface area contributed by atoms with Gasteiger partial charge in [-0.05, 0) is 38.1 Å². The molecule has 0 radical (unpaired) electrons. The van der Waals surface area contributed by atoms with Crippen molar-refractivity contribution in [3.8, 4) is 0 Å². The Balaban J connectivity index is 1.96. The molecule has 1 aromatic rings. The summed E-state index contributed by atoms with van der Waals surface area (Å²) in [7, 11) is 0. The summed E-state index contributed by atoms with van der Waals surface area (Å²) in [5.41, 5.74) is 0.186. The number of amides is 1. The monoisotopic (exact) mass is 297 g/mol. The van der Waals surface area contributed by atoms with Gasteiger partial charge in [0.2, 0.25) is 5.91 Å². The van der Waals surface area contributed by atoms with Gasteiger partial charge in [-0.1, -0.05) is 18.0 Å². The third kappa shape index (κ3) is 3.91. The van der Waals surface area contributed by atoms with Gasteiger partial charge in [-0.2, -0.15) is 0 Å². The fourth-order valence-electron chi connectivity index (χ4n) is 2.25. The SMILES string of the molecule is O=C(CN1CCCCC1)Nc1ccc(Cl)c([N+](=O)[O-])c1. The Morgan fingerprint density at radius 1 is 1.35 bits per heavy atom. The zero-order chi connectivity index (χ0) is 14.5. The first-order valence-corrected chi connectivity index (χ1v) is 6.90. The molecule has 0 unspecified atom stereocenters. The third-order valence-corrected chi connectivity index (χ3v) is 3.56. The minimum absolute atomic E-state index is 0.0593. The van der Waals surface area contributed by atoms with Crippen molar-refractivity contribution in [3.63, 3.8) is 0 Å². The Hall–Kier alpha value is -1.66. The number of nitrogens with zero attached hydrogens (tertiary/aromatic N) is 2. The van der Waals surface area contributed by atoms with E-state index in [4.69, 9.17) is 11.6 Å². The lowest BCUT2D eigenvalue weighted by atomic mass is 10.1. The van der Waals surface area contributed by atoms with Gasteiger partial charge in [0.05, 0.1) is 11.5 Å². The number of carbonyl (C=O) groups is 1. The number of hydrogen-bond donors (Lipinski definition) is 1. The lowest BCUT2D eigenvalue weighted by molar-refractivity contribution is -0.384. The number of nitro benzene ring substituents is 1. The lowest BCUT2D eigenvalue weighted by Gasteiger charge is -2.25. The van der Waals surface area contributed by atoms with Crippen molar-refractivity contribution in [1.29, 1.82) is 0 Å². The summed E-state index contributed by atoms with van der Waals surface area (Å²) in [5.74, 6) is -0.163. The Bertz CT molecular complexity index is 516. The molecule has 1 N–H and O–H groups in total. The summed E-state index contributed by atoms with van der Waals surface area (Å²) in [6, 6.07) is 4.25. The maximum absolute atomic E-state index is 11.9. The molecule has 0 aromatic heterocycles. The lowest BCUT2D eigenvalue weighted by Crippen LogP contribution is -2.36. The van der Waals surface area contributed by atoms with E-state index in [0.717, 1.165) is 25.9 Å². The summed E-state index contributed by atoms with van der Waals surface area (Å²) in [6.07, 6.45) is 3.43. The summed E-state index contributed by atoms with van der Waals surface area (Å²) in [6.45, 7) is 2.17. The quantitative estimate of drug-likeness (QED) is 0.685. The normalized spacial score (nSPS) is 15.8. The van der Waals surface area contributed by atoms with Crippen LogP contribution in [0.2, 0.25) is 5.02 Å². The molecule has 7 heteroatoms. The van der Waals surface area contributed by atoms with Gasteiger partial charge in [0.1, 0.15) is 5.02 Å². The number of likely N-dealkylation sites (tertiary alicyclic amines) is 1. The van der Waals surface area contributed by atoms with Crippen molar-refractivity contribution in [2.45, 2.75) is 19.3 Å². The zero-order valence-electron chi connectivity index (χ0n) is 11.0. The largest absolute Gasteiger partial charge is 0.325 e. The maximum Gasteiger partial charge on any atom is 0.289 e. The summed E-state index contributed by atoms with van der Waals surface area (Å²) in [4.78, 5) is 24.2. The second-order valence-corrected chi connectivity index (χ2v) is 5.22. The van der Waals surface area contributed by atoms with Gasteiger partial charge in [-0.3, -0.25) is 19.8 Å². The smallest absolute Gasteiger partial charge is 0.289 e. The van der Waals surface area contributed by atoms with Crippen LogP contribution in [0.5, 0.6) is 0 Å². The van der Waals surface area contributed by atoms with E-state index in [-0.39, 0.29) is 16.6 Å². The van der Waals surface area contributed by atoms with Gasteiger partial charge in [-0.15, -0.1) is 0 Å². The average molecular weight is 298 g/mol. The van der Waals surface area contributed by atoms with Crippen molar-refractivity contribution in [1.82, 2.24) is 4.90 Å². The molecule has 108 valence electrons. The van der Waals surface area contributed by atoms with Gasteiger partial charge in [0.15, 0.2) is 0 Å². The van der Waals surface area contributed by atoms with E-state index < -0.39 is 4.92 Å². The molecular formula is C13H16ClN3O3. The minimum atomic E-state index is -0.567. The van der Waals surface area contributed by atoms with Gasteiger partial charge in [0.25, 0.3) is 5.69 Å². The molecular weight excluding hydrogens is 282 g/mol.